The molecule has 0 bridgehead atoms. The molecule has 0 aliphatic carbocycles. The number of hydrazone groups is 1. The van der Waals surface area contributed by atoms with E-state index in [2.05, 4.69) is 20.5 Å². The summed E-state index contributed by atoms with van der Waals surface area (Å²) in [5.74, 6) is 0. The number of rotatable bonds is 4. The van der Waals surface area contributed by atoms with E-state index in [0.29, 0.717) is 5.15 Å². The standard InChI is InChI=1S/C19H13ClN4S/c20-18-16-7-6-13(10-15(16)8-9-21-18)11-22-24-19-23-17(12-25-19)14-4-2-1-3-5-14/h1-12H,(H,23,24). The third-order valence-corrected chi connectivity index (χ3v) is 4.74. The van der Waals surface area contributed by atoms with Crippen molar-refractivity contribution in [3.05, 3.63) is 76.9 Å². The van der Waals surface area contributed by atoms with E-state index in [4.69, 9.17) is 11.6 Å². The number of fused-ring (bicyclic) bond motifs is 1. The molecule has 4 nitrogen and oxygen atoms in total. The minimum absolute atomic E-state index is 0.510. The second-order valence-electron chi connectivity index (χ2n) is 5.36. The van der Waals surface area contributed by atoms with Gasteiger partial charge in [-0.3, -0.25) is 5.43 Å². The average molecular weight is 365 g/mol. The van der Waals surface area contributed by atoms with Crippen molar-refractivity contribution in [3.8, 4) is 11.3 Å². The molecule has 2 heterocycles. The first-order valence-corrected chi connectivity index (χ1v) is 8.90. The Hall–Kier alpha value is -2.76. The number of pyridine rings is 1. The van der Waals surface area contributed by atoms with Crippen LogP contribution < -0.4 is 5.43 Å². The van der Waals surface area contributed by atoms with E-state index < -0.39 is 0 Å². The van der Waals surface area contributed by atoms with Gasteiger partial charge in [-0.25, -0.2) is 9.97 Å². The molecule has 0 fully saturated rings. The van der Waals surface area contributed by atoms with Gasteiger partial charge in [0, 0.05) is 22.5 Å². The molecule has 2 aromatic carbocycles. The van der Waals surface area contributed by atoms with Crippen LogP contribution in [0.1, 0.15) is 5.56 Å². The maximum atomic E-state index is 6.08. The Morgan fingerprint density at radius 1 is 1.08 bits per heavy atom. The van der Waals surface area contributed by atoms with Crippen molar-refractivity contribution in [1.82, 2.24) is 9.97 Å². The highest BCUT2D eigenvalue weighted by Crippen LogP contribution is 2.25. The van der Waals surface area contributed by atoms with Crippen molar-refractivity contribution in [2.45, 2.75) is 0 Å². The summed E-state index contributed by atoms with van der Waals surface area (Å²) in [4.78, 5) is 8.62. The third-order valence-electron chi connectivity index (χ3n) is 3.69. The lowest BCUT2D eigenvalue weighted by Crippen LogP contribution is -1.90. The van der Waals surface area contributed by atoms with Crippen molar-refractivity contribution in [2.24, 2.45) is 5.10 Å². The molecule has 1 N–H and O–H groups in total. The van der Waals surface area contributed by atoms with E-state index >= 15 is 0 Å². The molecule has 6 heteroatoms. The fourth-order valence-corrected chi connectivity index (χ4v) is 3.37. The van der Waals surface area contributed by atoms with Gasteiger partial charge in [0.15, 0.2) is 0 Å². The Labute approximate surface area is 153 Å². The van der Waals surface area contributed by atoms with Crippen LogP contribution in [0.3, 0.4) is 0 Å². The first-order valence-electron chi connectivity index (χ1n) is 7.64. The predicted molar refractivity (Wildman–Crippen MR) is 106 cm³/mol. The van der Waals surface area contributed by atoms with E-state index in [1.807, 2.05) is 60.0 Å². The first kappa shape index (κ1) is 15.7. The summed E-state index contributed by atoms with van der Waals surface area (Å²) < 4.78 is 0. The second-order valence-corrected chi connectivity index (χ2v) is 6.57. The zero-order valence-corrected chi connectivity index (χ0v) is 14.6. The van der Waals surface area contributed by atoms with Gasteiger partial charge in [-0.2, -0.15) is 5.10 Å². The zero-order chi connectivity index (χ0) is 17.1. The average Bonchev–Trinajstić information content (AvgIpc) is 3.12. The molecule has 0 aliphatic heterocycles. The third kappa shape index (κ3) is 3.52. The van der Waals surface area contributed by atoms with Crippen LogP contribution in [-0.4, -0.2) is 16.2 Å². The Kier molecular flexibility index (Phi) is 4.41. The van der Waals surface area contributed by atoms with Crippen molar-refractivity contribution >= 4 is 45.1 Å². The highest BCUT2D eigenvalue weighted by molar-refractivity contribution is 7.14. The monoisotopic (exact) mass is 364 g/mol. The molecule has 0 amide bonds. The van der Waals surface area contributed by atoms with Crippen LogP contribution >= 0.6 is 22.9 Å². The predicted octanol–water partition coefficient (Wildman–Crippen LogP) is 5.46. The van der Waals surface area contributed by atoms with Crippen LogP contribution in [0, 0.1) is 0 Å². The van der Waals surface area contributed by atoms with Gasteiger partial charge in [0.25, 0.3) is 0 Å². The maximum Gasteiger partial charge on any atom is 0.203 e. The Bertz CT molecular complexity index is 1040. The maximum absolute atomic E-state index is 6.08. The topological polar surface area (TPSA) is 50.2 Å². The van der Waals surface area contributed by atoms with Crippen molar-refractivity contribution < 1.29 is 0 Å². The molecule has 0 saturated carbocycles. The smallest absolute Gasteiger partial charge is 0.203 e. The largest absolute Gasteiger partial charge is 0.253 e. The molecule has 0 saturated heterocycles. The van der Waals surface area contributed by atoms with E-state index in [1.165, 1.54) is 11.3 Å². The zero-order valence-electron chi connectivity index (χ0n) is 13.1. The quantitative estimate of drug-likeness (QED) is 0.297. The first-order chi connectivity index (χ1) is 12.3. The molecule has 25 heavy (non-hydrogen) atoms. The number of nitrogens with zero attached hydrogens (tertiary/aromatic N) is 3. The number of hydrogen-bond acceptors (Lipinski definition) is 5. The van der Waals surface area contributed by atoms with Gasteiger partial charge < -0.3 is 0 Å². The van der Waals surface area contributed by atoms with E-state index in [0.717, 1.165) is 32.7 Å². The van der Waals surface area contributed by atoms with E-state index in [1.54, 1.807) is 12.4 Å². The Morgan fingerprint density at radius 3 is 2.84 bits per heavy atom. The van der Waals surface area contributed by atoms with Gasteiger partial charge in [0.2, 0.25) is 5.13 Å². The summed E-state index contributed by atoms with van der Waals surface area (Å²) in [6.07, 6.45) is 3.46. The van der Waals surface area contributed by atoms with E-state index in [-0.39, 0.29) is 0 Å². The summed E-state index contributed by atoms with van der Waals surface area (Å²) in [6.45, 7) is 0. The summed E-state index contributed by atoms with van der Waals surface area (Å²) in [5.41, 5.74) is 5.99. The molecule has 0 unspecified atom stereocenters. The van der Waals surface area contributed by atoms with Gasteiger partial charge in [-0.15, -0.1) is 11.3 Å². The molecule has 4 aromatic rings. The van der Waals surface area contributed by atoms with Gasteiger partial charge >= 0.3 is 0 Å². The fourth-order valence-electron chi connectivity index (χ4n) is 2.47. The molecule has 0 atom stereocenters. The van der Waals surface area contributed by atoms with Crippen LogP contribution in [0.15, 0.2) is 71.3 Å². The molecule has 4 rings (SSSR count). The Balaban J connectivity index is 1.49. The lowest BCUT2D eigenvalue weighted by molar-refractivity contribution is 1.29. The fraction of sp³-hybridized carbons (Fsp3) is 0. The lowest BCUT2D eigenvalue weighted by Gasteiger charge is -2.00. The number of nitrogens with one attached hydrogen (secondary N) is 1. The lowest BCUT2D eigenvalue weighted by atomic mass is 10.1. The molecule has 0 spiro atoms. The van der Waals surface area contributed by atoms with Crippen LogP contribution in [0.5, 0.6) is 0 Å². The minimum atomic E-state index is 0.510. The summed E-state index contributed by atoms with van der Waals surface area (Å²) in [5, 5.41) is 9.51. The van der Waals surface area contributed by atoms with Gasteiger partial charge in [0.05, 0.1) is 11.9 Å². The number of hydrogen-bond donors (Lipinski definition) is 1. The molecular formula is C19H13ClN4S. The highest BCUT2D eigenvalue weighted by Gasteiger charge is 2.03. The van der Waals surface area contributed by atoms with Gasteiger partial charge in [0.1, 0.15) is 5.15 Å². The van der Waals surface area contributed by atoms with Gasteiger partial charge in [-0.05, 0) is 23.1 Å². The van der Waals surface area contributed by atoms with Crippen LogP contribution in [0.4, 0.5) is 5.13 Å². The number of aromatic nitrogens is 2. The second kappa shape index (κ2) is 7.01. The molecule has 2 aromatic heterocycles. The number of halogens is 1. The molecular weight excluding hydrogens is 352 g/mol. The Morgan fingerprint density at radius 2 is 1.96 bits per heavy atom. The number of anilines is 1. The highest BCUT2D eigenvalue weighted by atomic mass is 35.5. The summed E-state index contributed by atoms with van der Waals surface area (Å²) in [6, 6.07) is 17.9. The summed E-state index contributed by atoms with van der Waals surface area (Å²) >= 11 is 7.60. The molecule has 122 valence electrons. The van der Waals surface area contributed by atoms with Crippen molar-refractivity contribution in [3.63, 3.8) is 0 Å². The van der Waals surface area contributed by atoms with Crippen LogP contribution in [0.25, 0.3) is 22.0 Å². The van der Waals surface area contributed by atoms with Gasteiger partial charge in [-0.1, -0.05) is 54.1 Å². The van der Waals surface area contributed by atoms with Crippen LogP contribution in [0.2, 0.25) is 5.15 Å². The van der Waals surface area contributed by atoms with Crippen molar-refractivity contribution in [1.29, 1.82) is 0 Å². The van der Waals surface area contributed by atoms with Crippen LogP contribution in [-0.2, 0) is 0 Å². The minimum Gasteiger partial charge on any atom is -0.253 e. The SMILES string of the molecule is Clc1nccc2cc(C=NNc3nc(-c4ccccc4)cs3)ccc12. The number of thiazole rings is 1. The molecule has 0 aliphatic rings. The normalized spacial score (nSPS) is 11.2. The number of benzene rings is 2. The van der Waals surface area contributed by atoms with Crippen molar-refractivity contribution in [2.75, 3.05) is 5.43 Å². The van der Waals surface area contributed by atoms with E-state index in [9.17, 15) is 0 Å². The summed E-state index contributed by atoms with van der Waals surface area (Å²) in [7, 11) is 0. The molecule has 0 radical (unpaired) electrons.